The van der Waals surface area contributed by atoms with Gasteiger partial charge in [-0.1, -0.05) is 60.7 Å². The minimum Gasteiger partial charge on any atom is -0.834 e. The molecule has 3 aromatic rings. The molecule has 0 aliphatic carbocycles. The average Bonchev–Trinajstić information content (AvgIpc) is 3.27. The van der Waals surface area contributed by atoms with Crippen molar-refractivity contribution in [3.05, 3.63) is 94.9 Å². The Bertz CT molecular complexity index is 1210. The lowest BCUT2D eigenvalue weighted by Gasteiger charge is -2.52. The van der Waals surface area contributed by atoms with E-state index < -0.39 is 11.6 Å². The van der Waals surface area contributed by atoms with Crippen molar-refractivity contribution in [3.63, 3.8) is 0 Å². The molecule has 3 aliphatic rings. The van der Waals surface area contributed by atoms with Gasteiger partial charge in [-0.2, -0.15) is 0 Å². The van der Waals surface area contributed by atoms with Crippen LogP contribution in [0.5, 0.6) is 0 Å². The SMILES string of the molecule is Cc1cc(C(=O)NCC[N+]23CCC(CC2)C(OC(=O)C([O-])(c2ccccc2)c2ccccc2)C3)c(C)o1. The number of ether oxygens (including phenoxy) is 1. The van der Waals surface area contributed by atoms with Crippen molar-refractivity contribution in [3.8, 4) is 0 Å². The summed E-state index contributed by atoms with van der Waals surface area (Å²) < 4.78 is 12.3. The Hall–Kier alpha value is -3.42. The van der Waals surface area contributed by atoms with E-state index in [1.807, 2.05) is 19.1 Å². The molecular weight excluding hydrogens is 468 g/mol. The topological polar surface area (TPSA) is 91.6 Å². The third kappa shape index (κ3) is 4.93. The molecule has 194 valence electrons. The normalized spacial score (nSPS) is 23.0. The average molecular weight is 503 g/mol. The van der Waals surface area contributed by atoms with Gasteiger partial charge in [0.25, 0.3) is 5.91 Å². The van der Waals surface area contributed by atoms with Crippen molar-refractivity contribution in [2.75, 3.05) is 32.7 Å². The Kier molecular flexibility index (Phi) is 6.92. The van der Waals surface area contributed by atoms with Crippen molar-refractivity contribution in [2.24, 2.45) is 5.92 Å². The highest BCUT2D eigenvalue weighted by Gasteiger charge is 2.48. The molecule has 6 rings (SSSR count). The number of amides is 1. The predicted octanol–water partition coefficient (Wildman–Crippen LogP) is 3.08. The number of aryl methyl sites for hydroxylation is 2. The zero-order chi connectivity index (χ0) is 26.0. The zero-order valence-corrected chi connectivity index (χ0v) is 21.4. The first-order valence-electron chi connectivity index (χ1n) is 13.0. The van der Waals surface area contributed by atoms with E-state index in [0.29, 0.717) is 41.3 Å². The molecule has 1 amide bonds. The number of carbonyl (C=O) groups is 2. The number of rotatable bonds is 8. The highest BCUT2D eigenvalue weighted by atomic mass is 16.6. The lowest BCUT2D eigenvalue weighted by molar-refractivity contribution is -0.945. The minimum absolute atomic E-state index is 0.135. The number of piperidine rings is 3. The number of quaternary nitrogens is 1. The predicted molar refractivity (Wildman–Crippen MR) is 137 cm³/mol. The molecule has 1 aromatic heterocycles. The summed E-state index contributed by atoms with van der Waals surface area (Å²) in [4.78, 5) is 26.2. The summed E-state index contributed by atoms with van der Waals surface area (Å²) in [6, 6.07) is 19.3. The highest BCUT2D eigenvalue weighted by molar-refractivity contribution is 5.95. The van der Waals surface area contributed by atoms with E-state index in [1.165, 1.54) is 0 Å². The van der Waals surface area contributed by atoms with Gasteiger partial charge in [0.15, 0.2) is 6.10 Å². The number of hydrogen-bond donors (Lipinski definition) is 1. The van der Waals surface area contributed by atoms with Crippen LogP contribution in [0.15, 0.2) is 71.1 Å². The molecule has 1 unspecified atom stereocenters. The molecule has 3 aliphatic heterocycles. The molecule has 3 saturated heterocycles. The maximum absolute atomic E-state index is 14.2. The molecule has 4 heterocycles. The number of hydrogen-bond acceptors (Lipinski definition) is 5. The second kappa shape index (κ2) is 10.1. The zero-order valence-electron chi connectivity index (χ0n) is 21.4. The van der Waals surface area contributed by atoms with E-state index in [2.05, 4.69) is 5.32 Å². The summed E-state index contributed by atoms with van der Waals surface area (Å²) in [6.45, 7) is 7.52. The van der Waals surface area contributed by atoms with Gasteiger partial charge >= 0.3 is 5.97 Å². The van der Waals surface area contributed by atoms with Crippen LogP contribution in [0.2, 0.25) is 0 Å². The monoisotopic (exact) mass is 502 g/mol. The van der Waals surface area contributed by atoms with Crippen LogP contribution >= 0.6 is 0 Å². The Morgan fingerprint density at radius 1 is 1.03 bits per heavy atom. The summed E-state index contributed by atoms with van der Waals surface area (Å²) in [5, 5.41) is 17.3. The largest absolute Gasteiger partial charge is 0.834 e. The molecule has 37 heavy (non-hydrogen) atoms. The third-order valence-electron chi connectivity index (χ3n) is 8.11. The molecule has 1 atom stereocenters. The van der Waals surface area contributed by atoms with Crippen molar-refractivity contribution in [1.29, 1.82) is 0 Å². The van der Waals surface area contributed by atoms with Gasteiger partial charge in [-0.05, 0) is 31.0 Å². The molecule has 0 radical (unpaired) electrons. The fraction of sp³-hybridized carbons (Fsp3) is 0.400. The van der Waals surface area contributed by atoms with E-state index in [4.69, 9.17) is 9.15 Å². The van der Waals surface area contributed by atoms with Crippen LogP contribution in [0.25, 0.3) is 0 Å². The molecule has 2 aromatic carbocycles. The number of nitrogens with one attached hydrogen (secondary N) is 1. The van der Waals surface area contributed by atoms with Crippen LogP contribution < -0.4 is 10.4 Å². The van der Waals surface area contributed by atoms with Crippen molar-refractivity contribution in [2.45, 2.75) is 38.4 Å². The van der Waals surface area contributed by atoms with Crippen molar-refractivity contribution in [1.82, 2.24) is 5.32 Å². The van der Waals surface area contributed by atoms with Crippen molar-refractivity contribution < 1.29 is 28.3 Å². The van der Waals surface area contributed by atoms with E-state index in [1.54, 1.807) is 61.5 Å². The van der Waals surface area contributed by atoms with Crippen LogP contribution in [0.4, 0.5) is 0 Å². The second-order valence-corrected chi connectivity index (χ2v) is 10.5. The molecular formula is C30H34N2O5. The molecule has 0 saturated carbocycles. The Morgan fingerprint density at radius 3 is 2.16 bits per heavy atom. The van der Waals surface area contributed by atoms with Crippen LogP contribution in [0.3, 0.4) is 0 Å². The first kappa shape index (κ1) is 25.2. The van der Waals surface area contributed by atoms with Crippen LogP contribution in [0, 0.1) is 19.8 Å². The minimum atomic E-state index is -2.13. The second-order valence-electron chi connectivity index (χ2n) is 10.5. The van der Waals surface area contributed by atoms with E-state index in [9.17, 15) is 14.7 Å². The van der Waals surface area contributed by atoms with E-state index in [-0.39, 0.29) is 17.9 Å². The quantitative estimate of drug-likeness (QED) is 0.378. The van der Waals surface area contributed by atoms with Gasteiger partial charge in [0.05, 0.1) is 31.7 Å². The summed E-state index contributed by atoms with van der Waals surface area (Å²) in [6.07, 6.45) is 1.56. The van der Waals surface area contributed by atoms with Gasteiger partial charge in [-0.15, -0.1) is 0 Å². The summed E-state index contributed by atoms with van der Waals surface area (Å²) in [7, 11) is 0. The number of furan rings is 1. The highest BCUT2D eigenvalue weighted by Crippen LogP contribution is 2.37. The molecule has 7 nitrogen and oxygen atoms in total. The number of benzene rings is 2. The lowest BCUT2D eigenvalue weighted by atomic mass is 9.82. The van der Waals surface area contributed by atoms with Gasteiger partial charge in [-0.3, -0.25) is 9.59 Å². The first-order chi connectivity index (χ1) is 17.8. The van der Waals surface area contributed by atoms with Gasteiger partial charge in [0, 0.05) is 24.4 Å². The molecule has 7 heteroatoms. The lowest BCUT2D eigenvalue weighted by Crippen LogP contribution is -2.66. The molecule has 2 bridgehead atoms. The smallest absolute Gasteiger partial charge is 0.304 e. The van der Waals surface area contributed by atoms with Crippen LogP contribution in [-0.2, 0) is 15.1 Å². The molecule has 0 spiro atoms. The number of nitrogens with zero attached hydrogens (tertiary/aromatic N) is 1. The third-order valence-corrected chi connectivity index (χ3v) is 8.11. The standard InChI is InChI=1S/C30H34N2O5/c1-21-19-26(22(2)36-21)28(33)31-15-18-32-16-13-23(14-17-32)27(20-32)37-29(34)30(35,24-9-5-3-6-10-24)25-11-7-4-8-12-25/h3-12,19,23,27H,13-18,20H2,1-2H3,(H,31,33). The van der Waals surface area contributed by atoms with E-state index >= 15 is 0 Å². The fourth-order valence-corrected chi connectivity index (χ4v) is 6.00. The number of fused-ring (bicyclic) bond motifs is 3. The Labute approximate surface area is 217 Å². The summed E-state index contributed by atoms with van der Waals surface area (Å²) in [5.74, 6) is 0.703. The maximum atomic E-state index is 14.2. The molecule has 3 fully saturated rings. The van der Waals surface area contributed by atoms with Gasteiger partial charge in [0.1, 0.15) is 18.1 Å². The van der Waals surface area contributed by atoms with Gasteiger partial charge < -0.3 is 24.1 Å². The van der Waals surface area contributed by atoms with Crippen LogP contribution in [0.1, 0.15) is 45.8 Å². The fourth-order valence-electron chi connectivity index (χ4n) is 6.00. The summed E-state index contributed by atoms with van der Waals surface area (Å²) in [5.41, 5.74) is -0.809. The molecule has 1 N–H and O–H groups in total. The van der Waals surface area contributed by atoms with Gasteiger partial charge in [-0.25, -0.2) is 0 Å². The summed E-state index contributed by atoms with van der Waals surface area (Å²) >= 11 is 0. The van der Waals surface area contributed by atoms with E-state index in [0.717, 1.165) is 37.0 Å². The number of esters is 1. The van der Waals surface area contributed by atoms with Crippen molar-refractivity contribution >= 4 is 11.9 Å². The number of carbonyl (C=O) groups excluding carboxylic acids is 2. The Morgan fingerprint density at radius 2 is 1.62 bits per heavy atom. The Balaban J connectivity index is 1.28. The van der Waals surface area contributed by atoms with Gasteiger partial charge in [0.2, 0.25) is 0 Å². The van der Waals surface area contributed by atoms with Crippen LogP contribution in [-0.4, -0.2) is 55.2 Å². The maximum Gasteiger partial charge on any atom is 0.304 e. The first-order valence-corrected chi connectivity index (χ1v) is 13.0.